The second kappa shape index (κ2) is 10.3. The van der Waals surface area contributed by atoms with E-state index in [9.17, 15) is 5.11 Å². The topological polar surface area (TPSA) is 32.3 Å². The lowest BCUT2D eigenvalue weighted by Crippen LogP contribution is -2.56. The summed E-state index contributed by atoms with van der Waals surface area (Å²) < 4.78 is 3.58. The molecule has 0 radical (unpaired) electrons. The highest BCUT2D eigenvalue weighted by Crippen LogP contribution is 2.69. The summed E-state index contributed by atoms with van der Waals surface area (Å²) in [7, 11) is 0. The number of benzene rings is 1. The van der Waals surface area contributed by atoms with Crippen LogP contribution < -0.4 is 4.72 Å². The Labute approximate surface area is 217 Å². The summed E-state index contributed by atoms with van der Waals surface area (Å²) in [5.74, 6) is 5.27. The lowest BCUT2D eigenvalue weighted by Gasteiger charge is -2.63. The van der Waals surface area contributed by atoms with E-state index in [0.29, 0.717) is 10.8 Å². The molecule has 0 aromatic heterocycles. The number of hydrogen-bond donors (Lipinski definition) is 2. The second-order valence-corrected chi connectivity index (χ2v) is 14.1. The third kappa shape index (κ3) is 4.61. The van der Waals surface area contributed by atoms with Gasteiger partial charge >= 0.3 is 0 Å². The predicted molar refractivity (Wildman–Crippen MR) is 145 cm³/mol. The summed E-state index contributed by atoms with van der Waals surface area (Å²) in [5.41, 5.74) is 1.03. The Morgan fingerprint density at radius 3 is 2.47 bits per heavy atom. The van der Waals surface area contributed by atoms with Crippen molar-refractivity contribution in [1.29, 1.82) is 0 Å². The molecule has 4 saturated carbocycles. The molecule has 0 bridgehead atoms. The molecule has 2 N–H and O–H groups in total. The van der Waals surface area contributed by atoms with Gasteiger partial charge in [0.05, 0.1) is 6.10 Å². The quantitative estimate of drug-likeness (QED) is 0.289. The first-order valence-electron chi connectivity index (χ1n) is 14.2. The van der Waals surface area contributed by atoms with Gasteiger partial charge in [0.2, 0.25) is 0 Å². The fraction of sp³-hybridized carbons (Fsp3) is 0.800. The molecule has 4 fully saturated rings. The lowest BCUT2D eigenvalue weighted by atomic mass is 9.42. The first kappa shape index (κ1) is 25.4. The lowest BCUT2D eigenvalue weighted by molar-refractivity contribution is -0.150. The molecule has 0 saturated heterocycles. The van der Waals surface area contributed by atoms with E-state index in [1.54, 1.807) is 11.9 Å². The van der Waals surface area contributed by atoms with Crippen molar-refractivity contribution in [1.82, 2.24) is 4.72 Å². The normalized spacial score (nSPS) is 43.7. The molecule has 5 unspecified atom stereocenters. The Morgan fingerprint density at radius 1 is 0.971 bits per heavy atom. The van der Waals surface area contributed by atoms with Crippen LogP contribution in [0.3, 0.4) is 0 Å². The third-order valence-electron chi connectivity index (χ3n) is 11.4. The van der Waals surface area contributed by atoms with Gasteiger partial charge in [0.15, 0.2) is 0 Å². The molecule has 0 heterocycles. The van der Waals surface area contributed by atoms with E-state index in [4.69, 9.17) is 11.6 Å². The van der Waals surface area contributed by atoms with Crippen LogP contribution in [-0.4, -0.2) is 17.8 Å². The molecule has 0 aliphatic heterocycles. The van der Waals surface area contributed by atoms with Crippen LogP contribution in [-0.2, 0) is 0 Å². The number of fused-ring (bicyclic) bond motifs is 5. The zero-order chi connectivity index (χ0) is 23.9. The third-order valence-corrected chi connectivity index (χ3v) is 12.5. The summed E-state index contributed by atoms with van der Waals surface area (Å²) in [4.78, 5) is 1.24. The van der Waals surface area contributed by atoms with Crippen LogP contribution in [0.4, 0.5) is 0 Å². The summed E-state index contributed by atoms with van der Waals surface area (Å²) in [6.45, 7) is 8.82. The number of hydrogen-bond acceptors (Lipinski definition) is 3. The number of rotatable bonds is 7. The van der Waals surface area contributed by atoms with Crippen LogP contribution in [0.1, 0.15) is 91.4 Å². The minimum Gasteiger partial charge on any atom is -0.393 e. The maximum Gasteiger partial charge on any atom is 0.0543 e. The molecule has 0 spiro atoms. The Morgan fingerprint density at radius 2 is 1.71 bits per heavy atom. The van der Waals surface area contributed by atoms with Crippen molar-refractivity contribution in [3.05, 3.63) is 29.3 Å². The van der Waals surface area contributed by atoms with Crippen molar-refractivity contribution < 1.29 is 5.11 Å². The minimum absolute atomic E-state index is 0.0418. The zero-order valence-corrected chi connectivity index (χ0v) is 23.1. The minimum atomic E-state index is -0.0418. The SMILES string of the molecule is CC[C@H]1CC2C3CC[C@H](CCCNSc4ccc(Cl)cc4)C3(C)CC[C@@H]2C2(C)CC[C@@H](O)CC12. The van der Waals surface area contributed by atoms with E-state index >= 15 is 0 Å². The average molecular weight is 504 g/mol. The molecule has 4 aliphatic rings. The van der Waals surface area contributed by atoms with Crippen LogP contribution in [0, 0.1) is 46.3 Å². The standard InChI is InChI=1S/C30H46ClNOS/c1-4-20-18-25-26-12-7-21(6-5-17-32-34-24-10-8-22(31)9-11-24)29(26,2)16-14-27(25)30(3)15-13-23(33)19-28(20)30/h8-11,20-21,23,25-28,32-33H,4-7,12-19H2,1-3H3/t20-,21-,23+,25?,26?,27-,28?,29?,30?/m0/s1. The van der Waals surface area contributed by atoms with E-state index in [0.717, 1.165) is 59.9 Å². The Hall–Kier alpha value is -0.220. The van der Waals surface area contributed by atoms with Crippen molar-refractivity contribution in [2.75, 3.05) is 6.54 Å². The molecule has 9 atom stereocenters. The fourth-order valence-electron chi connectivity index (χ4n) is 9.58. The van der Waals surface area contributed by atoms with E-state index in [-0.39, 0.29) is 6.10 Å². The highest BCUT2D eigenvalue weighted by molar-refractivity contribution is 7.97. The van der Waals surface area contributed by atoms with Crippen molar-refractivity contribution in [3.8, 4) is 0 Å². The second-order valence-electron chi connectivity index (χ2n) is 12.7. The number of nitrogens with one attached hydrogen (secondary N) is 1. The van der Waals surface area contributed by atoms with E-state index < -0.39 is 0 Å². The number of aliphatic hydroxyl groups excluding tert-OH is 1. The molecule has 1 aromatic rings. The van der Waals surface area contributed by atoms with Gasteiger partial charge in [-0.15, -0.1) is 0 Å². The van der Waals surface area contributed by atoms with Crippen molar-refractivity contribution in [2.45, 2.75) is 102 Å². The van der Waals surface area contributed by atoms with Crippen LogP contribution in [0.5, 0.6) is 0 Å². The molecule has 4 heteroatoms. The van der Waals surface area contributed by atoms with Gasteiger partial charge < -0.3 is 5.11 Å². The van der Waals surface area contributed by atoms with Gasteiger partial charge in [0.25, 0.3) is 0 Å². The maximum absolute atomic E-state index is 10.5. The maximum atomic E-state index is 10.5. The van der Waals surface area contributed by atoms with E-state index in [1.165, 1.54) is 62.7 Å². The van der Waals surface area contributed by atoms with Crippen molar-refractivity contribution in [2.24, 2.45) is 46.3 Å². The van der Waals surface area contributed by atoms with Gasteiger partial charge in [0.1, 0.15) is 0 Å². The predicted octanol–water partition coefficient (Wildman–Crippen LogP) is 8.37. The smallest absolute Gasteiger partial charge is 0.0543 e. The summed E-state index contributed by atoms with van der Waals surface area (Å²) in [5, 5.41) is 11.3. The molecule has 1 aromatic carbocycles. The van der Waals surface area contributed by atoms with Crippen LogP contribution in [0.2, 0.25) is 5.02 Å². The van der Waals surface area contributed by atoms with Gasteiger partial charge in [-0.2, -0.15) is 0 Å². The Kier molecular flexibility index (Phi) is 7.68. The average Bonchev–Trinajstić information content (AvgIpc) is 3.16. The molecule has 190 valence electrons. The monoisotopic (exact) mass is 503 g/mol. The van der Waals surface area contributed by atoms with Gasteiger partial charge in [0, 0.05) is 16.5 Å². The highest BCUT2D eigenvalue weighted by Gasteiger charge is 2.61. The zero-order valence-electron chi connectivity index (χ0n) is 21.6. The van der Waals surface area contributed by atoms with Gasteiger partial charge in [-0.25, -0.2) is 0 Å². The summed E-state index contributed by atoms with van der Waals surface area (Å²) in [6.07, 6.45) is 14.5. The summed E-state index contributed by atoms with van der Waals surface area (Å²) in [6, 6.07) is 8.11. The number of aliphatic hydroxyl groups is 1. The fourth-order valence-corrected chi connectivity index (χ4v) is 10.4. The molecule has 2 nitrogen and oxygen atoms in total. The first-order chi connectivity index (χ1) is 16.3. The molecule has 4 aliphatic carbocycles. The molecular weight excluding hydrogens is 458 g/mol. The Balaban J connectivity index is 1.19. The highest BCUT2D eigenvalue weighted by atomic mass is 35.5. The van der Waals surface area contributed by atoms with Crippen LogP contribution in [0.25, 0.3) is 0 Å². The van der Waals surface area contributed by atoms with Gasteiger partial charge in [-0.3, -0.25) is 4.72 Å². The van der Waals surface area contributed by atoms with Crippen molar-refractivity contribution >= 4 is 23.5 Å². The van der Waals surface area contributed by atoms with Crippen LogP contribution in [0.15, 0.2) is 29.2 Å². The van der Waals surface area contributed by atoms with Crippen molar-refractivity contribution in [3.63, 3.8) is 0 Å². The molecule has 5 rings (SSSR count). The van der Waals surface area contributed by atoms with Gasteiger partial charge in [-0.05, 0) is 147 Å². The van der Waals surface area contributed by atoms with E-state index in [1.807, 2.05) is 12.1 Å². The molecular formula is C30H46ClNOS. The molecule has 0 amide bonds. The number of halogens is 1. The first-order valence-corrected chi connectivity index (χ1v) is 15.4. The summed E-state index contributed by atoms with van der Waals surface area (Å²) >= 11 is 7.74. The largest absolute Gasteiger partial charge is 0.393 e. The Bertz CT molecular complexity index is 832. The molecule has 34 heavy (non-hydrogen) atoms. The van der Waals surface area contributed by atoms with Gasteiger partial charge in [-0.1, -0.05) is 38.8 Å². The van der Waals surface area contributed by atoms with Crippen LogP contribution >= 0.6 is 23.5 Å². The van der Waals surface area contributed by atoms with E-state index in [2.05, 4.69) is 37.6 Å².